The fourth-order valence-electron chi connectivity index (χ4n) is 3.38. The van der Waals surface area contributed by atoms with Crippen LogP contribution in [0.3, 0.4) is 0 Å². The molecule has 1 N–H and O–H groups in total. The van der Waals surface area contributed by atoms with Gasteiger partial charge in [0, 0.05) is 52.4 Å². The van der Waals surface area contributed by atoms with Gasteiger partial charge in [-0.15, -0.1) is 0 Å². The van der Waals surface area contributed by atoms with Crippen LogP contribution in [0, 0.1) is 0 Å². The van der Waals surface area contributed by atoms with Gasteiger partial charge in [0.2, 0.25) is 0 Å². The van der Waals surface area contributed by atoms with Crippen LogP contribution in [0.2, 0.25) is 0 Å². The van der Waals surface area contributed by atoms with Gasteiger partial charge >= 0.3 is 0 Å². The molecular formula is C21H28N4. The first-order valence-corrected chi connectivity index (χ1v) is 8.94. The molecule has 2 aromatic rings. The number of likely N-dealkylation sites (tertiary alicyclic amines) is 1. The summed E-state index contributed by atoms with van der Waals surface area (Å²) in [6.45, 7) is 2.88. The van der Waals surface area contributed by atoms with Crippen LogP contribution in [0.1, 0.15) is 23.5 Å². The van der Waals surface area contributed by atoms with Gasteiger partial charge in [-0.2, -0.15) is 0 Å². The van der Waals surface area contributed by atoms with Crippen LogP contribution in [-0.4, -0.2) is 45.1 Å². The summed E-state index contributed by atoms with van der Waals surface area (Å²) < 4.78 is 0. The first-order valence-electron chi connectivity index (χ1n) is 8.94. The fourth-order valence-corrected chi connectivity index (χ4v) is 3.38. The Morgan fingerprint density at radius 2 is 1.84 bits per heavy atom. The van der Waals surface area contributed by atoms with Crippen LogP contribution in [0.4, 0.5) is 5.69 Å². The standard InChI is InChI=1S/C21H28N4/c1-22-21(23-15-17-9-11-20(12-10-17)24(2)3)25-14-13-19(16-25)18-7-5-4-6-8-18/h4-12,19H,13-16H2,1-3H3,(H,22,23). The van der Waals surface area contributed by atoms with Crippen LogP contribution in [-0.2, 0) is 6.54 Å². The number of guanidine groups is 1. The number of aliphatic imine (C=N–C) groups is 1. The molecule has 0 aromatic heterocycles. The van der Waals surface area contributed by atoms with Crippen molar-refractivity contribution < 1.29 is 0 Å². The summed E-state index contributed by atoms with van der Waals surface area (Å²) in [5.41, 5.74) is 3.92. The monoisotopic (exact) mass is 336 g/mol. The van der Waals surface area contributed by atoms with Crippen LogP contribution < -0.4 is 10.2 Å². The van der Waals surface area contributed by atoms with Crippen molar-refractivity contribution in [2.24, 2.45) is 4.99 Å². The predicted molar refractivity (Wildman–Crippen MR) is 106 cm³/mol. The second kappa shape index (κ2) is 8.06. The van der Waals surface area contributed by atoms with Crippen LogP contribution in [0.25, 0.3) is 0 Å². The fraction of sp³-hybridized carbons (Fsp3) is 0.381. The van der Waals surface area contributed by atoms with Gasteiger partial charge in [0.05, 0.1) is 0 Å². The Labute approximate surface area is 151 Å². The smallest absolute Gasteiger partial charge is 0.193 e. The Balaban J connectivity index is 1.56. The van der Waals surface area contributed by atoms with Gasteiger partial charge < -0.3 is 15.1 Å². The average molecular weight is 336 g/mol. The summed E-state index contributed by atoms with van der Waals surface area (Å²) in [6.07, 6.45) is 1.18. The van der Waals surface area contributed by atoms with E-state index in [9.17, 15) is 0 Å². The van der Waals surface area contributed by atoms with E-state index < -0.39 is 0 Å². The molecule has 25 heavy (non-hydrogen) atoms. The van der Waals surface area contributed by atoms with E-state index in [1.165, 1.54) is 23.2 Å². The van der Waals surface area contributed by atoms with Gasteiger partial charge in [-0.05, 0) is 29.7 Å². The van der Waals surface area contributed by atoms with Crippen molar-refractivity contribution in [3.8, 4) is 0 Å². The maximum Gasteiger partial charge on any atom is 0.193 e. The Morgan fingerprint density at radius 1 is 1.12 bits per heavy atom. The number of nitrogens with one attached hydrogen (secondary N) is 1. The molecule has 0 saturated carbocycles. The highest BCUT2D eigenvalue weighted by atomic mass is 15.3. The van der Waals surface area contributed by atoms with Crippen molar-refractivity contribution in [2.45, 2.75) is 18.9 Å². The molecule has 1 aliphatic rings. The highest BCUT2D eigenvalue weighted by Gasteiger charge is 2.25. The second-order valence-corrected chi connectivity index (χ2v) is 6.80. The molecule has 1 unspecified atom stereocenters. The molecule has 0 radical (unpaired) electrons. The number of benzene rings is 2. The zero-order valence-electron chi connectivity index (χ0n) is 15.4. The zero-order chi connectivity index (χ0) is 17.6. The Bertz CT molecular complexity index is 692. The third-order valence-corrected chi connectivity index (χ3v) is 4.87. The second-order valence-electron chi connectivity index (χ2n) is 6.80. The van der Waals surface area contributed by atoms with Crippen LogP contribution in [0.5, 0.6) is 0 Å². The highest BCUT2D eigenvalue weighted by Crippen LogP contribution is 2.26. The van der Waals surface area contributed by atoms with Crippen molar-refractivity contribution in [1.82, 2.24) is 10.2 Å². The Morgan fingerprint density at radius 3 is 2.48 bits per heavy atom. The summed E-state index contributed by atoms with van der Waals surface area (Å²) in [5.74, 6) is 1.59. The van der Waals surface area contributed by atoms with E-state index in [1.807, 2.05) is 7.05 Å². The first kappa shape index (κ1) is 17.3. The summed E-state index contributed by atoms with van der Waals surface area (Å²) in [6, 6.07) is 19.5. The zero-order valence-corrected chi connectivity index (χ0v) is 15.4. The van der Waals surface area contributed by atoms with E-state index in [4.69, 9.17) is 0 Å². The normalized spacial score (nSPS) is 17.6. The van der Waals surface area contributed by atoms with Crippen molar-refractivity contribution in [3.63, 3.8) is 0 Å². The number of nitrogens with zero attached hydrogens (tertiary/aromatic N) is 3. The van der Waals surface area contributed by atoms with Crippen LogP contribution >= 0.6 is 0 Å². The van der Waals surface area contributed by atoms with E-state index in [0.29, 0.717) is 5.92 Å². The quantitative estimate of drug-likeness (QED) is 0.686. The molecule has 4 nitrogen and oxygen atoms in total. The van der Waals surface area contributed by atoms with Crippen LogP contribution in [0.15, 0.2) is 59.6 Å². The molecular weight excluding hydrogens is 308 g/mol. The van der Waals surface area contributed by atoms with E-state index in [0.717, 1.165) is 25.6 Å². The molecule has 1 aliphatic heterocycles. The molecule has 1 saturated heterocycles. The molecule has 4 heteroatoms. The van der Waals surface area contributed by atoms with Crippen molar-refractivity contribution >= 4 is 11.6 Å². The summed E-state index contributed by atoms with van der Waals surface area (Å²) in [4.78, 5) is 8.96. The Hall–Kier alpha value is -2.49. The lowest BCUT2D eigenvalue weighted by molar-refractivity contribution is 0.486. The largest absolute Gasteiger partial charge is 0.378 e. The number of anilines is 1. The van der Waals surface area contributed by atoms with E-state index in [2.05, 4.69) is 88.8 Å². The lowest BCUT2D eigenvalue weighted by Crippen LogP contribution is -2.39. The van der Waals surface area contributed by atoms with Gasteiger partial charge in [-0.3, -0.25) is 4.99 Å². The molecule has 0 amide bonds. The minimum Gasteiger partial charge on any atom is -0.378 e. The summed E-state index contributed by atoms with van der Waals surface area (Å²) in [7, 11) is 5.99. The molecule has 0 spiro atoms. The summed E-state index contributed by atoms with van der Waals surface area (Å²) >= 11 is 0. The van der Waals surface area contributed by atoms with Crippen molar-refractivity contribution in [1.29, 1.82) is 0 Å². The third kappa shape index (κ3) is 4.32. The van der Waals surface area contributed by atoms with Gasteiger partial charge in [0.25, 0.3) is 0 Å². The first-order chi connectivity index (χ1) is 12.2. The number of hydrogen-bond acceptors (Lipinski definition) is 2. The summed E-state index contributed by atoms with van der Waals surface area (Å²) in [5, 5.41) is 3.51. The molecule has 1 heterocycles. The SMILES string of the molecule is CN=C(NCc1ccc(N(C)C)cc1)N1CCC(c2ccccc2)C1. The van der Waals surface area contributed by atoms with E-state index in [-0.39, 0.29) is 0 Å². The topological polar surface area (TPSA) is 30.9 Å². The third-order valence-electron chi connectivity index (χ3n) is 4.87. The van der Waals surface area contributed by atoms with Gasteiger partial charge in [-0.25, -0.2) is 0 Å². The maximum absolute atomic E-state index is 4.48. The van der Waals surface area contributed by atoms with Gasteiger partial charge in [0.15, 0.2) is 5.96 Å². The maximum atomic E-state index is 4.48. The molecule has 3 rings (SSSR count). The lowest BCUT2D eigenvalue weighted by atomic mass is 9.99. The number of hydrogen-bond donors (Lipinski definition) is 1. The molecule has 0 aliphatic carbocycles. The molecule has 2 aromatic carbocycles. The Kier molecular flexibility index (Phi) is 5.59. The average Bonchev–Trinajstić information content (AvgIpc) is 3.13. The minimum absolute atomic E-state index is 0.596. The predicted octanol–water partition coefficient (Wildman–Crippen LogP) is 3.32. The van der Waals surface area contributed by atoms with E-state index >= 15 is 0 Å². The van der Waals surface area contributed by atoms with E-state index in [1.54, 1.807) is 0 Å². The minimum atomic E-state index is 0.596. The van der Waals surface area contributed by atoms with Crippen molar-refractivity contribution in [2.75, 3.05) is 39.1 Å². The molecule has 0 bridgehead atoms. The van der Waals surface area contributed by atoms with Gasteiger partial charge in [-0.1, -0.05) is 42.5 Å². The molecule has 132 valence electrons. The molecule has 1 atom stereocenters. The lowest BCUT2D eigenvalue weighted by Gasteiger charge is -2.22. The number of rotatable bonds is 4. The van der Waals surface area contributed by atoms with Crippen molar-refractivity contribution in [3.05, 3.63) is 65.7 Å². The molecule has 1 fully saturated rings. The van der Waals surface area contributed by atoms with Gasteiger partial charge in [0.1, 0.15) is 0 Å². The highest BCUT2D eigenvalue weighted by molar-refractivity contribution is 5.80.